The molecule has 6 rings (SSSR count). The van der Waals surface area contributed by atoms with E-state index in [2.05, 4.69) is 15.9 Å². The summed E-state index contributed by atoms with van der Waals surface area (Å²) in [6, 6.07) is 10.4. The average Bonchev–Trinajstić information content (AvgIpc) is 3.21. The van der Waals surface area contributed by atoms with Crippen LogP contribution in [0.25, 0.3) is 0 Å². The van der Waals surface area contributed by atoms with Gasteiger partial charge in [0.1, 0.15) is 0 Å². The summed E-state index contributed by atoms with van der Waals surface area (Å²) in [6.45, 7) is 0. The van der Waals surface area contributed by atoms with E-state index in [1.54, 1.807) is 30.3 Å². The van der Waals surface area contributed by atoms with Crippen LogP contribution in [0.2, 0.25) is 0 Å². The minimum atomic E-state index is -2.00. The van der Waals surface area contributed by atoms with Gasteiger partial charge in [-0.05, 0) is 60.7 Å². The second kappa shape index (κ2) is 8.37. The normalized spacial score (nSPS) is 34.3. The van der Waals surface area contributed by atoms with E-state index in [9.17, 15) is 28.7 Å². The lowest BCUT2D eigenvalue weighted by atomic mass is 9.56. The van der Waals surface area contributed by atoms with Gasteiger partial charge >= 0.3 is 0 Å². The maximum atomic E-state index is 14.6. The van der Waals surface area contributed by atoms with Crippen molar-refractivity contribution in [2.75, 3.05) is 11.9 Å². The molecule has 1 saturated carbocycles. The predicted octanol–water partition coefficient (Wildman–Crippen LogP) is 4.49. The molecule has 2 aliphatic heterocycles. The Hall–Kier alpha value is -2.75. The summed E-state index contributed by atoms with van der Waals surface area (Å²) in [6.07, 6.45) is 1.82. The Bertz CT molecular complexity index is 1480. The van der Waals surface area contributed by atoms with Gasteiger partial charge in [-0.25, -0.2) is 4.39 Å². The summed E-state index contributed by atoms with van der Waals surface area (Å²) < 4.78 is 15.3. The van der Waals surface area contributed by atoms with E-state index in [1.807, 2.05) is 0 Å². The summed E-state index contributed by atoms with van der Waals surface area (Å²) in [7, 11) is 1.28. The lowest BCUT2D eigenvalue weighted by molar-refractivity contribution is -0.138. The molecule has 7 nitrogen and oxygen atoms in total. The molecule has 0 spiro atoms. The Morgan fingerprint density at radius 1 is 1.00 bits per heavy atom. The van der Waals surface area contributed by atoms with Crippen molar-refractivity contribution in [2.45, 2.75) is 28.5 Å². The number of nitrogens with zero attached hydrogens (tertiary/aromatic N) is 2. The Kier molecular flexibility index (Phi) is 5.62. The first-order chi connectivity index (χ1) is 17.9. The van der Waals surface area contributed by atoms with E-state index < -0.39 is 62.7 Å². The number of hydrogen-bond acceptors (Lipinski definition) is 5. The molecule has 2 aromatic rings. The van der Waals surface area contributed by atoms with E-state index in [0.29, 0.717) is 11.3 Å². The molecule has 2 aliphatic carbocycles. The monoisotopic (exact) mass is 620 g/mol. The Morgan fingerprint density at radius 2 is 1.68 bits per heavy atom. The van der Waals surface area contributed by atoms with Crippen LogP contribution in [0.5, 0.6) is 5.75 Å². The van der Waals surface area contributed by atoms with Crippen molar-refractivity contribution in [3.63, 3.8) is 0 Å². The molecule has 6 atom stereocenters. The number of phenolic OH excluding ortho intramolecular Hbond substituents is 1. The number of halogens is 4. The molecular weight excluding hydrogens is 602 g/mol. The lowest BCUT2D eigenvalue weighted by Crippen LogP contribution is -2.60. The lowest BCUT2D eigenvalue weighted by Gasteiger charge is -2.50. The molecule has 4 amide bonds. The van der Waals surface area contributed by atoms with E-state index in [-0.39, 0.29) is 24.3 Å². The van der Waals surface area contributed by atoms with Crippen LogP contribution < -0.4 is 4.90 Å². The third kappa shape index (κ3) is 3.12. The van der Waals surface area contributed by atoms with E-state index in [1.165, 1.54) is 13.1 Å². The van der Waals surface area contributed by atoms with Crippen LogP contribution in [0, 0.1) is 23.6 Å². The Balaban J connectivity index is 1.52. The van der Waals surface area contributed by atoms with Gasteiger partial charge in [0.25, 0.3) is 11.8 Å². The molecule has 4 aliphatic rings. The van der Waals surface area contributed by atoms with Crippen LogP contribution >= 0.6 is 39.1 Å². The zero-order valence-electron chi connectivity index (χ0n) is 19.8. The molecule has 2 saturated heterocycles. The van der Waals surface area contributed by atoms with Crippen molar-refractivity contribution in [1.29, 1.82) is 0 Å². The summed E-state index contributed by atoms with van der Waals surface area (Å²) >= 11 is 17.4. The molecule has 2 heterocycles. The largest absolute Gasteiger partial charge is 0.505 e. The fraction of sp³-hybridized carbons (Fsp3) is 0.333. The first-order valence-electron chi connectivity index (χ1n) is 11.9. The summed E-state index contributed by atoms with van der Waals surface area (Å²) in [5.74, 6) is -7.09. The van der Waals surface area contributed by atoms with Gasteiger partial charge < -0.3 is 5.11 Å². The van der Waals surface area contributed by atoms with Gasteiger partial charge in [0, 0.05) is 17.4 Å². The van der Waals surface area contributed by atoms with Crippen LogP contribution in [0.4, 0.5) is 10.1 Å². The number of imide groups is 2. The molecule has 0 unspecified atom stereocenters. The fourth-order valence-corrected chi connectivity index (χ4v) is 7.95. The number of anilines is 1. The zero-order chi connectivity index (χ0) is 27.3. The molecule has 0 radical (unpaired) electrons. The topological polar surface area (TPSA) is 95.0 Å². The number of aromatic hydroxyl groups is 1. The van der Waals surface area contributed by atoms with Crippen LogP contribution in [-0.2, 0) is 19.2 Å². The number of benzene rings is 2. The highest BCUT2D eigenvalue weighted by molar-refractivity contribution is 9.10. The standard InChI is InChI=1S/C27H20BrCl2FN2O5/c1-32-24(37)26(29)11-17-15(21(27(26,30)25(32)38)12-2-9-19(34)18(31)10-12)7-8-16-20(17)23(36)33(22(16)35)14-5-3-13(28)4-6-14/h2-7,9-10,16-17,20-21,34H,8,11H2,1H3/t16-,17+,20-,21-,26+,27-/m0/s1. The number of likely N-dealkylation sites (tertiary alicyclic amines) is 1. The van der Waals surface area contributed by atoms with Crippen LogP contribution in [0.15, 0.2) is 58.6 Å². The van der Waals surface area contributed by atoms with Crippen LogP contribution in [0.1, 0.15) is 24.3 Å². The predicted molar refractivity (Wildman–Crippen MR) is 140 cm³/mol. The fourth-order valence-electron chi connectivity index (χ4n) is 6.67. The minimum absolute atomic E-state index is 0.149. The number of carbonyl (C=O) groups is 4. The number of hydrogen-bond donors (Lipinski definition) is 1. The number of rotatable bonds is 2. The van der Waals surface area contributed by atoms with Crippen molar-refractivity contribution >= 4 is 68.4 Å². The van der Waals surface area contributed by atoms with E-state index in [4.69, 9.17) is 23.2 Å². The zero-order valence-corrected chi connectivity index (χ0v) is 22.9. The number of carbonyl (C=O) groups excluding carboxylic acids is 4. The van der Waals surface area contributed by atoms with E-state index in [0.717, 1.165) is 26.4 Å². The highest BCUT2D eigenvalue weighted by Gasteiger charge is 2.75. The number of phenols is 1. The maximum Gasteiger partial charge on any atom is 0.253 e. The van der Waals surface area contributed by atoms with Gasteiger partial charge in [0.15, 0.2) is 21.3 Å². The number of fused-ring (bicyclic) bond motifs is 4. The summed E-state index contributed by atoms with van der Waals surface area (Å²) in [4.78, 5) is 52.3. The quantitative estimate of drug-likeness (QED) is 0.303. The minimum Gasteiger partial charge on any atom is -0.505 e. The summed E-state index contributed by atoms with van der Waals surface area (Å²) in [5.41, 5.74) is 1.21. The molecule has 38 heavy (non-hydrogen) atoms. The molecule has 0 bridgehead atoms. The molecule has 1 N–H and O–H groups in total. The molecule has 3 fully saturated rings. The first-order valence-corrected chi connectivity index (χ1v) is 13.5. The SMILES string of the molecule is CN1C(=O)[C@]2(Cl)C[C@@H]3C(=CC[C@@H]4C(=O)N(c5ccc(Br)cc5)C(=O)[C@@H]43)[C@H](c3ccc(O)c(F)c3)[C@]2(Cl)C1=O. The average molecular weight is 622 g/mol. The maximum absolute atomic E-state index is 14.6. The third-order valence-electron chi connectivity index (χ3n) is 8.40. The van der Waals surface area contributed by atoms with Gasteiger partial charge in [0.05, 0.1) is 17.5 Å². The van der Waals surface area contributed by atoms with Crippen molar-refractivity contribution in [3.8, 4) is 5.75 Å². The van der Waals surface area contributed by atoms with Crippen molar-refractivity contribution < 1.29 is 28.7 Å². The van der Waals surface area contributed by atoms with Gasteiger partial charge in [-0.1, -0.05) is 33.6 Å². The number of alkyl halides is 2. The van der Waals surface area contributed by atoms with Crippen molar-refractivity contribution in [3.05, 3.63) is 70.0 Å². The summed E-state index contributed by atoms with van der Waals surface area (Å²) in [5, 5.41) is 9.79. The van der Waals surface area contributed by atoms with Crippen molar-refractivity contribution in [1.82, 2.24) is 4.90 Å². The first kappa shape index (κ1) is 25.5. The van der Waals surface area contributed by atoms with Crippen LogP contribution in [0.3, 0.4) is 0 Å². The van der Waals surface area contributed by atoms with Gasteiger partial charge in [0.2, 0.25) is 11.8 Å². The molecular formula is C27H20BrCl2FN2O5. The Labute approximate surface area is 235 Å². The highest BCUT2D eigenvalue weighted by Crippen LogP contribution is 2.65. The van der Waals surface area contributed by atoms with Gasteiger partial charge in [-0.15, -0.1) is 23.2 Å². The Morgan fingerprint density at radius 3 is 2.34 bits per heavy atom. The molecule has 196 valence electrons. The second-order valence-electron chi connectivity index (χ2n) is 10.2. The van der Waals surface area contributed by atoms with Crippen LogP contribution in [-0.4, -0.2) is 50.4 Å². The molecule has 2 aromatic carbocycles. The third-order valence-corrected chi connectivity index (χ3v) is 10.3. The number of allylic oxidation sites excluding steroid dienone is 2. The second-order valence-corrected chi connectivity index (χ2v) is 12.4. The molecule has 0 aromatic heterocycles. The van der Waals surface area contributed by atoms with Crippen molar-refractivity contribution in [2.24, 2.45) is 17.8 Å². The number of amides is 4. The highest BCUT2D eigenvalue weighted by atomic mass is 79.9. The molecule has 11 heteroatoms. The smallest absolute Gasteiger partial charge is 0.253 e. The van der Waals surface area contributed by atoms with E-state index >= 15 is 0 Å². The van der Waals surface area contributed by atoms with Gasteiger partial charge in [-0.3, -0.25) is 29.0 Å². The van der Waals surface area contributed by atoms with Gasteiger partial charge in [-0.2, -0.15) is 0 Å².